The second kappa shape index (κ2) is 8.02. The molecule has 7 heteroatoms. The molecule has 0 spiro atoms. The predicted molar refractivity (Wildman–Crippen MR) is 105 cm³/mol. The molecule has 1 aliphatic carbocycles. The minimum atomic E-state index is -4.45. The fraction of sp³-hybridized carbons (Fsp3) is 0.0952. The predicted octanol–water partition coefficient (Wildman–Crippen LogP) is 6.72. The summed E-state index contributed by atoms with van der Waals surface area (Å²) in [7, 11) is 0. The number of allylic oxidation sites excluding steroid dienone is 5. The van der Waals surface area contributed by atoms with Gasteiger partial charge in [0.2, 0.25) is 0 Å². The summed E-state index contributed by atoms with van der Waals surface area (Å²) in [6.45, 7) is 0. The van der Waals surface area contributed by atoms with Crippen molar-refractivity contribution in [1.82, 2.24) is 0 Å². The maximum Gasteiger partial charge on any atom is 0.341 e. The van der Waals surface area contributed by atoms with Crippen molar-refractivity contribution >= 4 is 29.2 Å². The lowest BCUT2D eigenvalue weighted by Crippen LogP contribution is -2.38. The molecule has 0 atom stereocenters. The first kappa shape index (κ1) is 19.9. The summed E-state index contributed by atoms with van der Waals surface area (Å²) < 4.78 is 57.2. The molecule has 0 unspecified atom stereocenters. The van der Waals surface area contributed by atoms with E-state index in [1.54, 1.807) is 60.7 Å². The van der Waals surface area contributed by atoms with Crippen molar-refractivity contribution in [3.63, 3.8) is 0 Å². The van der Waals surface area contributed by atoms with Gasteiger partial charge in [-0.15, -0.1) is 0 Å². The standard InChI is InChI=1S/C21H15ClF4N2/c22-19-17(11-13-27-15-7-3-1-4-8-15)20(23,24)21(25,26)18(19)12-14-28-16-9-5-2-6-10-16/h1-14,27H/b13-11-,18-12+,28-14?. The van der Waals surface area contributed by atoms with Gasteiger partial charge >= 0.3 is 11.8 Å². The number of alkyl halides is 4. The van der Waals surface area contributed by atoms with E-state index in [2.05, 4.69) is 10.3 Å². The number of halogens is 5. The molecule has 1 aliphatic rings. The van der Waals surface area contributed by atoms with Gasteiger partial charge in [-0.25, -0.2) is 0 Å². The number of benzene rings is 2. The highest BCUT2D eigenvalue weighted by atomic mass is 35.5. The summed E-state index contributed by atoms with van der Waals surface area (Å²) in [5, 5.41) is 2.05. The Balaban J connectivity index is 1.88. The van der Waals surface area contributed by atoms with Gasteiger partial charge in [-0.05, 0) is 36.4 Å². The van der Waals surface area contributed by atoms with E-state index in [9.17, 15) is 17.6 Å². The summed E-state index contributed by atoms with van der Waals surface area (Å²) in [6.07, 6.45) is 3.86. The molecule has 0 fully saturated rings. The van der Waals surface area contributed by atoms with Crippen molar-refractivity contribution in [1.29, 1.82) is 0 Å². The molecule has 0 heterocycles. The van der Waals surface area contributed by atoms with Gasteiger partial charge in [-0.1, -0.05) is 48.0 Å². The van der Waals surface area contributed by atoms with Crippen LogP contribution in [0.15, 0.2) is 100 Å². The van der Waals surface area contributed by atoms with Crippen LogP contribution >= 0.6 is 11.6 Å². The van der Waals surface area contributed by atoms with Gasteiger partial charge in [0.15, 0.2) is 0 Å². The van der Waals surface area contributed by atoms with Gasteiger partial charge in [0.1, 0.15) is 0 Å². The third-order valence-corrected chi connectivity index (χ3v) is 4.45. The van der Waals surface area contributed by atoms with Crippen molar-refractivity contribution in [3.8, 4) is 0 Å². The molecule has 3 rings (SSSR count). The molecule has 0 bridgehead atoms. The maximum absolute atomic E-state index is 14.3. The van der Waals surface area contributed by atoms with Crippen molar-refractivity contribution in [2.75, 3.05) is 5.32 Å². The first-order valence-electron chi connectivity index (χ1n) is 8.28. The number of nitrogens with one attached hydrogen (secondary N) is 1. The van der Waals surface area contributed by atoms with Crippen LogP contribution in [0.4, 0.5) is 28.9 Å². The molecule has 2 aromatic rings. The Kier molecular flexibility index (Phi) is 5.70. The van der Waals surface area contributed by atoms with E-state index in [0.29, 0.717) is 11.4 Å². The molecular formula is C21H15ClF4N2. The number of rotatable bonds is 5. The van der Waals surface area contributed by atoms with Gasteiger partial charge < -0.3 is 5.32 Å². The van der Waals surface area contributed by atoms with Gasteiger partial charge in [-0.2, -0.15) is 17.6 Å². The molecule has 144 valence electrons. The van der Waals surface area contributed by atoms with Crippen molar-refractivity contribution in [3.05, 3.63) is 95.2 Å². The lowest BCUT2D eigenvalue weighted by molar-refractivity contribution is -0.149. The first-order chi connectivity index (χ1) is 13.3. The lowest BCUT2D eigenvalue weighted by atomic mass is 10.1. The maximum atomic E-state index is 14.3. The number of hydrogen-bond acceptors (Lipinski definition) is 2. The van der Waals surface area contributed by atoms with Gasteiger partial charge in [-0.3, -0.25) is 4.99 Å². The lowest BCUT2D eigenvalue weighted by Gasteiger charge is -2.21. The van der Waals surface area contributed by atoms with Gasteiger partial charge in [0.25, 0.3) is 0 Å². The molecule has 28 heavy (non-hydrogen) atoms. The molecule has 0 aliphatic heterocycles. The molecule has 2 nitrogen and oxygen atoms in total. The highest BCUT2D eigenvalue weighted by Gasteiger charge is 2.66. The average molecular weight is 407 g/mol. The van der Waals surface area contributed by atoms with E-state index < -0.39 is 28.0 Å². The zero-order chi connectivity index (χ0) is 20.2. The topological polar surface area (TPSA) is 24.4 Å². The quantitative estimate of drug-likeness (QED) is 0.432. The Hall–Kier alpha value is -2.86. The number of anilines is 1. The Bertz CT molecular complexity index is 949. The van der Waals surface area contributed by atoms with Crippen LogP contribution in [0.2, 0.25) is 0 Å². The monoisotopic (exact) mass is 406 g/mol. The highest BCUT2D eigenvalue weighted by Crippen LogP contribution is 2.55. The molecule has 0 saturated carbocycles. The Morgan fingerprint density at radius 3 is 2.11 bits per heavy atom. The summed E-state index contributed by atoms with van der Waals surface area (Å²) in [5.41, 5.74) is -0.811. The summed E-state index contributed by atoms with van der Waals surface area (Å²) in [6, 6.07) is 17.2. The van der Waals surface area contributed by atoms with E-state index >= 15 is 0 Å². The SMILES string of the molecule is FC1(F)C(/C=C\Nc2ccccc2)=C(Cl)C(=C\C=Nc2ccccc2)/C1(F)F. The third kappa shape index (κ3) is 3.87. The number of nitrogens with zero attached hydrogens (tertiary/aromatic N) is 1. The molecular weight excluding hydrogens is 392 g/mol. The Morgan fingerprint density at radius 2 is 1.46 bits per heavy atom. The molecule has 0 amide bonds. The van der Waals surface area contributed by atoms with E-state index in [0.717, 1.165) is 24.6 Å². The third-order valence-electron chi connectivity index (χ3n) is 4.04. The largest absolute Gasteiger partial charge is 0.362 e. The van der Waals surface area contributed by atoms with Crippen LogP contribution in [-0.2, 0) is 0 Å². The van der Waals surface area contributed by atoms with E-state index in [1.807, 2.05) is 0 Å². The highest BCUT2D eigenvalue weighted by molar-refractivity contribution is 6.33. The second-order valence-corrected chi connectivity index (χ2v) is 6.29. The van der Waals surface area contributed by atoms with E-state index in [1.165, 1.54) is 0 Å². The molecule has 2 aromatic carbocycles. The van der Waals surface area contributed by atoms with Crippen LogP contribution in [-0.4, -0.2) is 18.1 Å². The molecule has 1 N–H and O–H groups in total. The van der Waals surface area contributed by atoms with Crippen LogP contribution < -0.4 is 5.32 Å². The zero-order valence-electron chi connectivity index (χ0n) is 14.4. The van der Waals surface area contributed by atoms with Gasteiger partial charge in [0, 0.05) is 29.2 Å². The minimum Gasteiger partial charge on any atom is -0.362 e. The van der Waals surface area contributed by atoms with Crippen molar-refractivity contribution < 1.29 is 17.6 Å². The minimum absolute atomic E-state index is 0.500. The molecule has 0 radical (unpaired) electrons. The molecule has 0 aromatic heterocycles. The van der Waals surface area contributed by atoms with Gasteiger partial charge in [0.05, 0.1) is 10.7 Å². The van der Waals surface area contributed by atoms with Crippen LogP contribution in [0.3, 0.4) is 0 Å². The normalized spacial score (nSPS) is 19.8. The Labute approximate surface area is 164 Å². The van der Waals surface area contributed by atoms with Crippen molar-refractivity contribution in [2.45, 2.75) is 11.8 Å². The average Bonchev–Trinajstić information content (AvgIpc) is 2.81. The summed E-state index contributed by atoms with van der Waals surface area (Å²) >= 11 is 5.89. The van der Waals surface area contributed by atoms with Crippen LogP contribution in [0.1, 0.15) is 0 Å². The van der Waals surface area contributed by atoms with Crippen LogP contribution in [0, 0.1) is 0 Å². The van der Waals surface area contributed by atoms with E-state index in [4.69, 9.17) is 11.6 Å². The smallest absolute Gasteiger partial charge is 0.341 e. The van der Waals surface area contributed by atoms with Crippen LogP contribution in [0.25, 0.3) is 0 Å². The number of para-hydroxylation sites is 2. The summed E-state index contributed by atoms with van der Waals surface area (Å²) in [5.74, 6) is -8.88. The summed E-state index contributed by atoms with van der Waals surface area (Å²) in [4.78, 5) is 3.95. The fourth-order valence-corrected chi connectivity index (χ4v) is 2.95. The Morgan fingerprint density at radius 1 is 0.857 bits per heavy atom. The van der Waals surface area contributed by atoms with E-state index in [-0.39, 0.29) is 0 Å². The number of hydrogen-bond donors (Lipinski definition) is 1. The molecule has 0 saturated heterocycles. The fourth-order valence-electron chi connectivity index (χ4n) is 2.58. The van der Waals surface area contributed by atoms with Crippen molar-refractivity contribution in [2.24, 2.45) is 4.99 Å². The first-order valence-corrected chi connectivity index (χ1v) is 8.66. The number of aliphatic imine (C=N–C) groups is 1. The zero-order valence-corrected chi connectivity index (χ0v) is 15.2. The van der Waals surface area contributed by atoms with Crippen LogP contribution in [0.5, 0.6) is 0 Å². The second-order valence-electron chi connectivity index (χ2n) is 5.91.